The topological polar surface area (TPSA) is 87.0 Å². The molecule has 19 heavy (non-hydrogen) atoms. The van der Waals surface area contributed by atoms with Crippen molar-refractivity contribution < 1.29 is 4.92 Å². The number of nitrogens with two attached hydrogens (primary N) is 1. The summed E-state index contributed by atoms with van der Waals surface area (Å²) < 4.78 is 2.01. The van der Waals surface area contributed by atoms with E-state index >= 15 is 0 Å². The van der Waals surface area contributed by atoms with Crippen molar-refractivity contribution in [2.45, 2.75) is 25.9 Å². The molecular weight excluding hydrogens is 244 g/mol. The van der Waals surface area contributed by atoms with Crippen LogP contribution in [0, 0.1) is 10.1 Å². The molecule has 0 radical (unpaired) electrons. The molecule has 0 fully saturated rings. The van der Waals surface area contributed by atoms with Gasteiger partial charge in [-0.05, 0) is 18.9 Å². The highest BCUT2D eigenvalue weighted by Gasteiger charge is 2.07. The van der Waals surface area contributed by atoms with Crippen molar-refractivity contribution in [1.82, 2.24) is 9.55 Å². The van der Waals surface area contributed by atoms with Gasteiger partial charge in [-0.2, -0.15) is 0 Å². The first-order chi connectivity index (χ1) is 9.08. The van der Waals surface area contributed by atoms with Crippen LogP contribution in [0.5, 0.6) is 0 Å². The zero-order chi connectivity index (χ0) is 13.8. The van der Waals surface area contributed by atoms with Gasteiger partial charge in [-0.25, -0.2) is 4.98 Å². The van der Waals surface area contributed by atoms with Crippen LogP contribution in [0.4, 0.5) is 5.69 Å². The second-order valence-electron chi connectivity index (χ2n) is 4.47. The van der Waals surface area contributed by atoms with Crippen molar-refractivity contribution in [3.63, 3.8) is 0 Å². The summed E-state index contributed by atoms with van der Waals surface area (Å²) >= 11 is 0. The van der Waals surface area contributed by atoms with E-state index in [-0.39, 0.29) is 11.7 Å². The summed E-state index contributed by atoms with van der Waals surface area (Å²) in [5.41, 5.74) is 8.00. The normalized spacial score (nSPS) is 12.3. The molecule has 0 spiro atoms. The van der Waals surface area contributed by atoms with Crippen molar-refractivity contribution in [1.29, 1.82) is 0 Å². The molecule has 6 heteroatoms. The highest BCUT2D eigenvalue weighted by atomic mass is 16.6. The van der Waals surface area contributed by atoms with Gasteiger partial charge < -0.3 is 10.3 Å². The Balaban J connectivity index is 2.02. The maximum absolute atomic E-state index is 10.6. The third kappa shape index (κ3) is 3.17. The third-order valence-electron chi connectivity index (χ3n) is 3.00. The SMILES string of the molecule is C[C@@H](N)c1cncn1CCc1ccc([N+](=O)[O-])cc1. The number of hydrogen-bond acceptors (Lipinski definition) is 4. The molecule has 1 heterocycles. The van der Waals surface area contributed by atoms with Crippen molar-refractivity contribution in [2.24, 2.45) is 5.73 Å². The highest BCUT2D eigenvalue weighted by Crippen LogP contribution is 2.14. The molecule has 0 saturated carbocycles. The predicted molar refractivity (Wildman–Crippen MR) is 71.6 cm³/mol. The van der Waals surface area contributed by atoms with Gasteiger partial charge >= 0.3 is 0 Å². The molecule has 0 aliphatic carbocycles. The van der Waals surface area contributed by atoms with E-state index in [1.807, 2.05) is 11.5 Å². The summed E-state index contributed by atoms with van der Waals surface area (Å²) in [6, 6.07) is 6.55. The maximum atomic E-state index is 10.6. The fraction of sp³-hybridized carbons (Fsp3) is 0.308. The summed E-state index contributed by atoms with van der Waals surface area (Å²) in [6.07, 6.45) is 4.30. The van der Waals surface area contributed by atoms with Gasteiger partial charge in [0.1, 0.15) is 0 Å². The van der Waals surface area contributed by atoms with Crippen LogP contribution in [0.2, 0.25) is 0 Å². The van der Waals surface area contributed by atoms with Gasteiger partial charge in [0.15, 0.2) is 0 Å². The first kappa shape index (κ1) is 13.2. The minimum atomic E-state index is -0.395. The average Bonchev–Trinajstić information content (AvgIpc) is 2.85. The Labute approximate surface area is 111 Å². The van der Waals surface area contributed by atoms with Crippen molar-refractivity contribution in [3.8, 4) is 0 Å². The summed E-state index contributed by atoms with van der Waals surface area (Å²) in [6.45, 7) is 2.67. The lowest BCUT2D eigenvalue weighted by atomic mass is 10.1. The molecule has 1 aromatic carbocycles. The number of nitro benzene ring substituents is 1. The zero-order valence-electron chi connectivity index (χ0n) is 10.7. The van der Waals surface area contributed by atoms with Gasteiger partial charge in [-0.3, -0.25) is 10.1 Å². The van der Waals surface area contributed by atoms with E-state index in [9.17, 15) is 10.1 Å². The lowest BCUT2D eigenvalue weighted by Gasteiger charge is -2.10. The quantitative estimate of drug-likeness (QED) is 0.658. The molecule has 0 amide bonds. The number of aromatic nitrogens is 2. The molecule has 0 aliphatic rings. The molecule has 1 atom stereocenters. The Morgan fingerprint density at radius 1 is 1.42 bits per heavy atom. The molecule has 0 bridgehead atoms. The van der Waals surface area contributed by atoms with Crippen LogP contribution >= 0.6 is 0 Å². The van der Waals surface area contributed by atoms with Gasteiger partial charge in [-0.1, -0.05) is 12.1 Å². The highest BCUT2D eigenvalue weighted by molar-refractivity contribution is 5.32. The number of nitro groups is 1. The Bertz CT molecular complexity index is 560. The molecule has 0 aliphatic heterocycles. The molecule has 2 aromatic rings. The molecule has 100 valence electrons. The van der Waals surface area contributed by atoms with Crippen LogP contribution in [0.15, 0.2) is 36.8 Å². The minimum absolute atomic E-state index is 0.0561. The number of benzene rings is 1. The van der Waals surface area contributed by atoms with Crippen LogP contribution in [0.1, 0.15) is 24.2 Å². The van der Waals surface area contributed by atoms with Crippen LogP contribution < -0.4 is 5.73 Å². The summed E-state index contributed by atoms with van der Waals surface area (Å²) in [7, 11) is 0. The Morgan fingerprint density at radius 2 is 2.11 bits per heavy atom. The van der Waals surface area contributed by atoms with Crippen LogP contribution in [0.25, 0.3) is 0 Å². The van der Waals surface area contributed by atoms with E-state index in [4.69, 9.17) is 5.73 Å². The number of imidazole rings is 1. The van der Waals surface area contributed by atoms with Gasteiger partial charge in [-0.15, -0.1) is 0 Å². The zero-order valence-corrected chi connectivity index (χ0v) is 10.7. The van der Waals surface area contributed by atoms with E-state index in [0.29, 0.717) is 0 Å². The molecule has 2 N–H and O–H groups in total. The van der Waals surface area contributed by atoms with E-state index in [1.54, 1.807) is 24.7 Å². The van der Waals surface area contributed by atoms with E-state index in [0.717, 1.165) is 24.2 Å². The molecule has 0 unspecified atom stereocenters. The fourth-order valence-electron chi connectivity index (χ4n) is 1.93. The molecule has 1 aromatic heterocycles. The third-order valence-corrected chi connectivity index (χ3v) is 3.00. The van der Waals surface area contributed by atoms with Gasteiger partial charge in [0.05, 0.1) is 16.9 Å². The summed E-state index contributed by atoms with van der Waals surface area (Å²) in [4.78, 5) is 14.2. The van der Waals surface area contributed by atoms with Gasteiger partial charge in [0.25, 0.3) is 5.69 Å². The first-order valence-corrected chi connectivity index (χ1v) is 6.07. The number of nitrogens with zero attached hydrogens (tertiary/aromatic N) is 3. The monoisotopic (exact) mass is 260 g/mol. The molecule has 2 rings (SSSR count). The summed E-state index contributed by atoms with van der Waals surface area (Å²) in [5.74, 6) is 0. The van der Waals surface area contributed by atoms with Crippen molar-refractivity contribution in [3.05, 3.63) is 58.2 Å². The molecule has 6 nitrogen and oxygen atoms in total. The second kappa shape index (κ2) is 5.62. The number of non-ortho nitro benzene ring substituents is 1. The maximum Gasteiger partial charge on any atom is 0.269 e. The van der Waals surface area contributed by atoms with Gasteiger partial charge in [0.2, 0.25) is 0 Å². The van der Waals surface area contributed by atoms with Crippen LogP contribution in [0.3, 0.4) is 0 Å². The lowest BCUT2D eigenvalue weighted by Crippen LogP contribution is -2.12. The van der Waals surface area contributed by atoms with Crippen LogP contribution in [-0.2, 0) is 13.0 Å². The average molecular weight is 260 g/mol. The Kier molecular flexibility index (Phi) is 3.91. The smallest absolute Gasteiger partial charge is 0.269 e. The number of rotatable bonds is 5. The second-order valence-corrected chi connectivity index (χ2v) is 4.47. The lowest BCUT2D eigenvalue weighted by molar-refractivity contribution is -0.384. The number of hydrogen-bond donors (Lipinski definition) is 1. The van der Waals surface area contributed by atoms with Gasteiger partial charge in [0, 0.05) is 30.9 Å². The fourth-order valence-corrected chi connectivity index (χ4v) is 1.93. The predicted octanol–water partition coefficient (Wildman–Crippen LogP) is 2.05. The standard InChI is InChI=1S/C13H16N4O2/c1-10(14)13-8-15-9-16(13)7-6-11-2-4-12(5-3-11)17(18)19/h2-5,8-10H,6-7,14H2,1H3/t10-/m1/s1. The Hall–Kier alpha value is -2.21. The van der Waals surface area contributed by atoms with E-state index < -0.39 is 4.92 Å². The number of aryl methyl sites for hydroxylation is 2. The summed E-state index contributed by atoms with van der Waals surface area (Å²) in [5, 5.41) is 10.6. The first-order valence-electron chi connectivity index (χ1n) is 6.07. The van der Waals surface area contributed by atoms with E-state index in [1.165, 1.54) is 12.1 Å². The molecular formula is C13H16N4O2. The van der Waals surface area contributed by atoms with Crippen LogP contribution in [-0.4, -0.2) is 14.5 Å². The van der Waals surface area contributed by atoms with Crippen molar-refractivity contribution in [2.75, 3.05) is 0 Å². The van der Waals surface area contributed by atoms with Crippen molar-refractivity contribution >= 4 is 5.69 Å². The Morgan fingerprint density at radius 3 is 2.68 bits per heavy atom. The largest absolute Gasteiger partial charge is 0.333 e. The molecule has 0 saturated heterocycles. The van der Waals surface area contributed by atoms with E-state index in [2.05, 4.69) is 4.98 Å². The minimum Gasteiger partial charge on any atom is -0.333 e.